The fraction of sp³-hybridized carbons (Fsp3) is 0.733. The third-order valence-corrected chi connectivity index (χ3v) is 3.83. The van der Waals surface area contributed by atoms with Gasteiger partial charge in [0.1, 0.15) is 5.82 Å². The van der Waals surface area contributed by atoms with Gasteiger partial charge in [-0.25, -0.2) is 4.98 Å². The predicted molar refractivity (Wildman–Crippen MR) is 77.2 cm³/mol. The highest BCUT2D eigenvalue weighted by Gasteiger charge is 2.22. The third-order valence-electron chi connectivity index (χ3n) is 3.83. The zero-order valence-electron chi connectivity index (χ0n) is 12.2. The molecule has 0 amide bonds. The first-order valence-electron chi connectivity index (χ1n) is 7.38. The quantitative estimate of drug-likeness (QED) is 0.877. The van der Waals surface area contributed by atoms with E-state index < -0.39 is 0 Å². The van der Waals surface area contributed by atoms with Crippen LogP contribution in [0.25, 0.3) is 0 Å². The van der Waals surface area contributed by atoms with E-state index in [4.69, 9.17) is 0 Å². The summed E-state index contributed by atoms with van der Waals surface area (Å²) in [6.45, 7) is 7.14. The Morgan fingerprint density at radius 2 is 2.26 bits per heavy atom. The summed E-state index contributed by atoms with van der Waals surface area (Å²) in [5.41, 5.74) is 0.828. The average Bonchev–Trinajstić information content (AvgIpc) is 2.36. The van der Waals surface area contributed by atoms with E-state index in [-0.39, 0.29) is 5.56 Å². The van der Waals surface area contributed by atoms with Crippen LogP contribution in [0.4, 0.5) is 0 Å². The van der Waals surface area contributed by atoms with E-state index in [2.05, 4.69) is 36.1 Å². The highest BCUT2D eigenvalue weighted by molar-refractivity contribution is 5.07. The topological polar surface area (TPSA) is 57.8 Å². The molecule has 2 rings (SSSR count). The molecule has 4 heteroatoms. The molecule has 0 radical (unpaired) electrons. The molecule has 1 aromatic heterocycles. The van der Waals surface area contributed by atoms with Crippen molar-refractivity contribution in [2.45, 2.75) is 65.0 Å². The lowest BCUT2D eigenvalue weighted by Crippen LogP contribution is -2.25. The second kappa shape index (κ2) is 6.33. The molecule has 1 aliphatic carbocycles. The van der Waals surface area contributed by atoms with Crippen LogP contribution in [-0.4, -0.2) is 16.0 Å². The van der Waals surface area contributed by atoms with Gasteiger partial charge in [-0.2, -0.15) is 0 Å². The molecule has 2 atom stereocenters. The fourth-order valence-electron chi connectivity index (χ4n) is 2.80. The van der Waals surface area contributed by atoms with E-state index in [1.165, 1.54) is 12.8 Å². The summed E-state index contributed by atoms with van der Waals surface area (Å²) < 4.78 is 0. The van der Waals surface area contributed by atoms with Crippen molar-refractivity contribution < 1.29 is 0 Å². The molecule has 0 spiro atoms. The Hall–Kier alpha value is -1.16. The van der Waals surface area contributed by atoms with Gasteiger partial charge in [-0.3, -0.25) is 4.79 Å². The molecule has 4 nitrogen and oxygen atoms in total. The molecule has 0 aromatic carbocycles. The first kappa shape index (κ1) is 14.3. The van der Waals surface area contributed by atoms with E-state index in [1.807, 2.05) is 0 Å². The molecule has 1 aliphatic rings. The Kier molecular flexibility index (Phi) is 4.75. The van der Waals surface area contributed by atoms with Gasteiger partial charge in [0, 0.05) is 24.6 Å². The lowest BCUT2D eigenvalue weighted by Gasteiger charge is -2.26. The lowest BCUT2D eigenvalue weighted by molar-refractivity contribution is 0.334. The number of hydrogen-bond donors (Lipinski definition) is 2. The van der Waals surface area contributed by atoms with Gasteiger partial charge in [0.2, 0.25) is 0 Å². The molecule has 0 bridgehead atoms. The second-order valence-corrected chi connectivity index (χ2v) is 6.13. The van der Waals surface area contributed by atoms with Gasteiger partial charge in [0.25, 0.3) is 5.56 Å². The third kappa shape index (κ3) is 4.16. The number of hydrogen-bond acceptors (Lipinski definition) is 3. The Balaban J connectivity index is 2.13. The maximum absolute atomic E-state index is 11.8. The van der Waals surface area contributed by atoms with Gasteiger partial charge in [0.05, 0.1) is 5.69 Å². The minimum atomic E-state index is -0.0243. The Morgan fingerprint density at radius 1 is 1.47 bits per heavy atom. The number of aromatic nitrogens is 2. The predicted octanol–water partition coefficient (Wildman–Crippen LogP) is 2.56. The molecule has 106 valence electrons. The van der Waals surface area contributed by atoms with E-state index in [1.54, 1.807) is 6.07 Å². The van der Waals surface area contributed by atoms with Crippen molar-refractivity contribution in [3.05, 3.63) is 27.9 Å². The van der Waals surface area contributed by atoms with Crippen LogP contribution in [0.5, 0.6) is 0 Å². The van der Waals surface area contributed by atoms with E-state index in [9.17, 15) is 4.79 Å². The monoisotopic (exact) mass is 263 g/mol. The average molecular weight is 263 g/mol. The highest BCUT2D eigenvalue weighted by atomic mass is 16.1. The summed E-state index contributed by atoms with van der Waals surface area (Å²) in [6, 6.07) is 2.00. The number of aromatic amines is 1. The first-order valence-corrected chi connectivity index (χ1v) is 7.38. The van der Waals surface area contributed by atoms with Gasteiger partial charge >= 0.3 is 0 Å². The van der Waals surface area contributed by atoms with Crippen LogP contribution < -0.4 is 10.9 Å². The molecule has 1 saturated carbocycles. The Labute approximate surface area is 115 Å². The molecule has 2 N–H and O–H groups in total. The SMILES string of the molecule is CC1CCCC(c2nc(CNC(C)C)cc(=O)[nH]2)C1. The van der Waals surface area contributed by atoms with Gasteiger partial charge < -0.3 is 10.3 Å². The molecular formula is C15H25N3O. The summed E-state index contributed by atoms with van der Waals surface area (Å²) in [4.78, 5) is 19.3. The van der Waals surface area contributed by atoms with Crippen LogP contribution in [0, 0.1) is 5.92 Å². The van der Waals surface area contributed by atoms with E-state index in [0.717, 1.165) is 30.3 Å². The minimum Gasteiger partial charge on any atom is -0.310 e. The van der Waals surface area contributed by atoms with Crippen molar-refractivity contribution in [2.24, 2.45) is 5.92 Å². The normalized spacial score (nSPS) is 23.8. The number of rotatable bonds is 4. The van der Waals surface area contributed by atoms with Crippen molar-refractivity contribution in [2.75, 3.05) is 0 Å². The van der Waals surface area contributed by atoms with E-state index in [0.29, 0.717) is 18.5 Å². The smallest absolute Gasteiger partial charge is 0.251 e. The van der Waals surface area contributed by atoms with Crippen LogP contribution in [-0.2, 0) is 6.54 Å². The van der Waals surface area contributed by atoms with Crippen LogP contribution in [0.1, 0.15) is 63.9 Å². The Bertz CT molecular complexity index is 467. The summed E-state index contributed by atoms with van der Waals surface area (Å²) in [6.07, 6.45) is 4.83. The number of nitrogens with zero attached hydrogens (tertiary/aromatic N) is 1. The largest absolute Gasteiger partial charge is 0.310 e. The van der Waals surface area contributed by atoms with Gasteiger partial charge in [-0.05, 0) is 18.8 Å². The maximum Gasteiger partial charge on any atom is 0.251 e. The first-order chi connectivity index (χ1) is 9.04. The zero-order chi connectivity index (χ0) is 13.8. The lowest BCUT2D eigenvalue weighted by atomic mass is 9.82. The summed E-state index contributed by atoms with van der Waals surface area (Å²) in [5, 5.41) is 3.31. The zero-order valence-corrected chi connectivity index (χ0v) is 12.2. The van der Waals surface area contributed by atoms with Crippen molar-refractivity contribution in [3.63, 3.8) is 0 Å². The van der Waals surface area contributed by atoms with Gasteiger partial charge in [-0.1, -0.05) is 33.6 Å². The summed E-state index contributed by atoms with van der Waals surface area (Å²) in [5.74, 6) is 2.05. The molecule has 0 aliphatic heterocycles. The van der Waals surface area contributed by atoms with Crippen LogP contribution in [0.15, 0.2) is 10.9 Å². The van der Waals surface area contributed by atoms with Crippen LogP contribution in [0.3, 0.4) is 0 Å². The minimum absolute atomic E-state index is 0.0243. The summed E-state index contributed by atoms with van der Waals surface area (Å²) in [7, 11) is 0. The molecule has 1 heterocycles. The molecule has 1 fully saturated rings. The molecular weight excluding hydrogens is 238 g/mol. The van der Waals surface area contributed by atoms with Crippen molar-refractivity contribution in [1.29, 1.82) is 0 Å². The van der Waals surface area contributed by atoms with Crippen molar-refractivity contribution >= 4 is 0 Å². The fourth-order valence-corrected chi connectivity index (χ4v) is 2.80. The molecule has 1 aromatic rings. The van der Waals surface area contributed by atoms with Gasteiger partial charge in [-0.15, -0.1) is 0 Å². The maximum atomic E-state index is 11.8. The van der Waals surface area contributed by atoms with Crippen LogP contribution in [0.2, 0.25) is 0 Å². The molecule has 2 unspecified atom stereocenters. The number of nitrogens with one attached hydrogen (secondary N) is 2. The second-order valence-electron chi connectivity index (χ2n) is 6.13. The van der Waals surface area contributed by atoms with Crippen molar-refractivity contribution in [1.82, 2.24) is 15.3 Å². The Morgan fingerprint density at radius 3 is 2.95 bits per heavy atom. The molecule has 19 heavy (non-hydrogen) atoms. The van der Waals surface area contributed by atoms with Crippen LogP contribution >= 0.6 is 0 Å². The highest BCUT2D eigenvalue weighted by Crippen LogP contribution is 2.33. The summed E-state index contributed by atoms with van der Waals surface area (Å²) >= 11 is 0. The van der Waals surface area contributed by atoms with Crippen molar-refractivity contribution in [3.8, 4) is 0 Å². The standard InChI is InChI=1S/C15H25N3O/c1-10(2)16-9-13-8-14(19)18-15(17-13)12-6-4-5-11(3)7-12/h8,10-12,16H,4-7,9H2,1-3H3,(H,17,18,19). The number of H-pyrrole nitrogens is 1. The molecule has 0 saturated heterocycles. The van der Waals surface area contributed by atoms with Gasteiger partial charge in [0.15, 0.2) is 0 Å². The van der Waals surface area contributed by atoms with E-state index >= 15 is 0 Å².